The molecule has 2 atom stereocenters. The van der Waals surface area contributed by atoms with Gasteiger partial charge in [0.2, 0.25) is 11.8 Å². The number of benzene rings is 3. The zero-order valence-electron chi connectivity index (χ0n) is 48.9. The predicted molar refractivity (Wildman–Crippen MR) is 318 cm³/mol. The second-order valence-electron chi connectivity index (χ2n) is 20.2. The zero-order valence-corrected chi connectivity index (χ0v) is 48.9. The third kappa shape index (κ3) is 18.6. The molecule has 5 aromatic heterocycles. The number of hydrogen-bond donors (Lipinski definition) is 3. The fourth-order valence-electron chi connectivity index (χ4n) is 9.75. The first-order chi connectivity index (χ1) is 39.3. The molecule has 0 radical (unpaired) electrons. The van der Waals surface area contributed by atoms with Crippen LogP contribution in [0.2, 0.25) is 0 Å². The average Bonchev–Trinajstić information content (AvgIpc) is 4.38. The van der Waals surface area contributed by atoms with Crippen molar-refractivity contribution in [2.45, 2.75) is 120 Å². The van der Waals surface area contributed by atoms with E-state index in [2.05, 4.69) is 63.4 Å². The number of aromatic nitrogens is 8. The molecular weight excluding hydrogens is 1020 g/mol. The molecule has 2 aliphatic rings. The van der Waals surface area contributed by atoms with E-state index in [1.165, 1.54) is 4.90 Å². The zero-order chi connectivity index (χ0) is 58.1. The number of aliphatic hydroxyl groups is 1. The van der Waals surface area contributed by atoms with Gasteiger partial charge in [-0.1, -0.05) is 125 Å². The van der Waals surface area contributed by atoms with Crippen LogP contribution >= 0.6 is 0 Å². The highest BCUT2D eigenvalue weighted by atomic mass is 16.7. The van der Waals surface area contributed by atoms with Gasteiger partial charge in [-0.3, -0.25) is 14.7 Å². The summed E-state index contributed by atoms with van der Waals surface area (Å²) in [5.41, 5.74) is 16.5. The number of nitrogens with one attached hydrogen (secondary N) is 1. The largest absolute Gasteiger partial charge is 0.382 e. The van der Waals surface area contributed by atoms with Gasteiger partial charge in [-0.25, -0.2) is 19.0 Å². The minimum atomic E-state index is -0.266. The van der Waals surface area contributed by atoms with E-state index < -0.39 is 0 Å². The van der Waals surface area contributed by atoms with Gasteiger partial charge in [-0.2, -0.15) is 15.3 Å². The van der Waals surface area contributed by atoms with Crippen molar-refractivity contribution in [2.75, 3.05) is 52.0 Å². The molecule has 10 rings (SSSR count). The number of nitrogen functional groups attached to an aromatic ring is 1. The number of aromatic amines is 1. The number of ether oxygens (including phenoxy) is 4. The summed E-state index contributed by atoms with van der Waals surface area (Å²) in [6.07, 6.45) is 12.9. The average molecular weight is 1110 g/mol. The molecule has 0 bridgehead atoms. The summed E-state index contributed by atoms with van der Waals surface area (Å²) in [5.74, 6) is 1.89. The molecule has 434 valence electrons. The molecule has 2 unspecified atom stereocenters. The monoisotopic (exact) mass is 1110 g/mol. The molecule has 7 heterocycles. The normalized spacial score (nSPS) is 14.9. The number of likely N-dealkylation sites (tertiary alicyclic amines) is 2. The van der Waals surface area contributed by atoms with Crippen molar-refractivity contribution in [3.8, 4) is 33.8 Å². The molecule has 18 heteroatoms. The van der Waals surface area contributed by atoms with Crippen molar-refractivity contribution < 1.29 is 33.6 Å². The van der Waals surface area contributed by atoms with Gasteiger partial charge in [-0.15, -0.1) is 0 Å². The number of aryl methyl sites for hydroxylation is 2. The van der Waals surface area contributed by atoms with Gasteiger partial charge in [0.05, 0.1) is 23.9 Å². The Labute approximate surface area is 478 Å². The number of anilines is 1. The Morgan fingerprint density at radius 2 is 1.14 bits per heavy atom. The SMILES string of the molecule is CCCC1CC(=O)N(CO)C1.CCCC1CC(=O)N(Cc2c(-c3ccccc3)nn3cc(C)cnc23)C1.CCOC(OCC)C(C)C(OCC)OCC.Cc1cnc2cc(-c3ccccc3)nn2c1.Nc1cc(-c2ccccc2)[nH]n1. The smallest absolute Gasteiger partial charge is 0.224 e. The van der Waals surface area contributed by atoms with Crippen molar-refractivity contribution >= 4 is 28.9 Å². The fraction of sp³-hybridized carbons (Fsp3) is 0.444. The van der Waals surface area contributed by atoms with Crippen LogP contribution in [0, 0.1) is 31.6 Å². The number of amides is 2. The van der Waals surface area contributed by atoms with Gasteiger partial charge in [0.1, 0.15) is 18.2 Å². The van der Waals surface area contributed by atoms with E-state index in [1.54, 1.807) is 0 Å². The van der Waals surface area contributed by atoms with Crippen LogP contribution in [0.15, 0.2) is 128 Å². The third-order valence-corrected chi connectivity index (χ3v) is 13.6. The number of fused-ring (bicyclic) bond motifs is 2. The van der Waals surface area contributed by atoms with Crippen LogP contribution in [0.25, 0.3) is 45.1 Å². The number of carbonyl (C=O) groups is 2. The molecule has 81 heavy (non-hydrogen) atoms. The van der Waals surface area contributed by atoms with Crippen LogP contribution in [0.5, 0.6) is 0 Å². The highest BCUT2D eigenvalue weighted by Crippen LogP contribution is 2.31. The van der Waals surface area contributed by atoms with Crippen LogP contribution < -0.4 is 5.73 Å². The second kappa shape index (κ2) is 32.8. The minimum Gasteiger partial charge on any atom is -0.382 e. The molecule has 3 aromatic carbocycles. The maximum atomic E-state index is 12.5. The fourth-order valence-corrected chi connectivity index (χ4v) is 9.75. The Morgan fingerprint density at radius 1 is 0.642 bits per heavy atom. The van der Waals surface area contributed by atoms with Gasteiger partial charge in [-0.05, 0) is 82.9 Å². The Hall–Kier alpha value is -7.35. The summed E-state index contributed by atoms with van der Waals surface area (Å²) in [5, 5.41) is 24.7. The number of nitrogens with zero attached hydrogens (tertiary/aromatic N) is 9. The molecular formula is C63H85N11O7. The van der Waals surface area contributed by atoms with Crippen LogP contribution in [0.4, 0.5) is 5.82 Å². The van der Waals surface area contributed by atoms with Gasteiger partial charge in [0, 0.05) is 106 Å². The van der Waals surface area contributed by atoms with Crippen molar-refractivity contribution in [3.05, 3.63) is 145 Å². The summed E-state index contributed by atoms with van der Waals surface area (Å²) in [4.78, 5) is 36.0. The first-order valence-corrected chi connectivity index (χ1v) is 28.6. The highest BCUT2D eigenvalue weighted by Gasteiger charge is 2.32. The lowest BCUT2D eigenvalue weighted by Crippen LogP contribution is -2.37. The Bertz CT molecular complexity index is 3070. The molecule has 2 amide bonds. The Kier molecular flexibility index (Phi) is 25.4. The van der Waals surface area contributed by atoms with Crippen LogP contribution in [-0.2, 0) is 35.1 Å². The van der Waals surface area contributed by atoms with Crippen LogP contribution in [0.3, 0.4) is 0 Å². The number of nitrogens with two attached hydrogens (primary N) is 1. The lowest BCUT2D eigenvalue weighted by Gasteiger charge is -2.29. The van der Waals surface area contributed by atoms with E-state index in [4.69, 9.17) is 34.9 Å². The van der Waals surface area contributed by atoms with E-state index in [1.807, 2.05) is 166 Å². The summed E-state index contributed by atoms with van der Waals surface area (Å²) in [6, 6.07) is 34.0. The number of carbonyl (C=O) groups excluding carboxylic acids is 2. The van der Waals surface area contributed by atoms with Crippen molar-refractivity contribution in [1.29, 1.82) is 0 Å². The quantitative estimate of drug-likeness (QED) is 0.0607. The lowest BCUT2D eigenvalue weighted by atomic mass is 10.0. The molecule has 2 saturated heterocycles. The van der Waals surface area contributed by atoms with Crippen molar-refractivity contribution in [1.82, 2.24) is 49.2 Å². The van der Waals surface area contributed by atoms with Crippen molar-refractivity contribution in [2.24, 2.45) is 17.8 Å². The number of hydrogen-bond acceptors (Lipinski definition) is 13. The van der Waals surface area contributed by atoms with Gasteiger partial charge >= 0.3 is 0 Å². The summed E-state index contributed by atoms with van der Waals surface area (Å²) in [6.45, 7) is 22.7. The van der Waals surface area contributed by atoms with Crippen LogP contribution in [0.1, 0.15) is 104 Å². The van der Waals surface area contributed by atoms with E-state index in [-0.39, 0.29) is 37.0 Å². The van der Waals surface area contributed by atoms with E-state index in [9.17, 15) is 9.59 Å². The maximum Gasteiger partial charge on any atom is 0.224 e. The van der Waals surface area contributed by atoms with E-state index in [0.29, 0.717) is 63.5 Å². The molecule has 0 aliphatic carbocycles. The van der Waals surface area contributed by atoms with E-state index >= 15 is 0 Å². The van der Waals surface area contributed by atoms with Gasteiger partial charge in [0.25, 0.3) is 0 Å². The topological polar surface area (TPSA) is 213 Å². The summed E-state index contributed by atoms with van der Waals surface area (Å²) < 4.78 is 25.8. The predicted octanol–water partition coefficient (Wildman–Crippen LogP) is 11.2. The maximum absolute atomic E-state index is 12.5. The summed E-state index contributed by atoms with van der Waals surface area (Å²) in [7, 11) is 0. The van der Waals surface area contributed by atoms with Gasteiger partial charge in [0.15, 0.2) is 23.9 Å². The van der Waals surface area contributed by atoms with Gasteiger partial charge < -0.3 is 39.6 Å². The number of H-pyrrole nitrogens is 1. The number of rotatable bonds is 20. The summed E-state index contributed by atoms with van der Waals surface area (Å²) >= 11 is 0. The minimum absolute atomic E-state index is 0.0554. The molecule has 2 aliphatic heterocycles. The lowest BCUT2D eigenvalue weighted by molar-refractivity contribution is -0.242. The molecule has 4 N–H and O–H groups in total. The van der Waals surface area contributed by atoms with Crippen LogP contribution in [-0.4, -0.2) is 125 Å². The Balaban J connectivity index is 0.000000170. The molecule has 18 nitrogen and oxygen atoms in total. The van der Waals surface area contributed by atoms with Crippen molar-refractivity contribution in [3.63, 3.8) is 0 Å². The molecule has 2 fully saturated rings. The standard InChI is InChI=1S/C21H24N4O.C13H11N3.C12H26O4.C9H9N3.C8H15NO2/c1-3-7-16-10-19(26)24(13-16)14-18-20(17-8-5-4-6-9-17)23-25-12-15(2)11-22-21(18)25;1-10-8-14-13-7-12(15-16(13)9-10)11-5-3-2-4-6-11;1-6-13-11(14-7-2)10(5)12(15-8-3)16-9-4;10-9-6-8(11-12-9)7-4-2-1-3-5-7;1-2-3-7-4-8(11)9(5-7)6-10/h4-6,8-9,11-12,16H,3,7,10,13-14H2,1-2H3;2-9H,1H3;10-12H,6-9H2,1-5H3;1-6H,(H3,10,11,12);7,10H,2-6H2,1H3. The third-order valence-electron chi connectivity index (χ3n) is 13.6. The molecule has 0 spiro atoms. The first-order valence-electron chi connectivity index (χ1n) is 28.6. The first kappa shape index (κ1) is 62.8. The number of aliphatic hydroxyl groups excluding tert-OH is 1. The van der Waals surface area contributed by atoms with E-state index in [0.717, 1.165) is 101 Å². The Morgan fingerprint density at radius 3 is 1.63 bits per heavy atom. The highest BCUT2D eigenvalue weighted by molar-refractivity contribution is 5.80. The second-order valence-corrected chi connectivity index (χ2v) is 20.2. The molecule has 8 aromatic rings. The molecule has 0 saturated carbocycles.